The standard InChI is InChI=1S/C18H11N5O/c24-18-15-14(9-19-18)22-12-7-3-1-5-10(12)20-16(22)17-21-11-6-2-4-8-13(11)23(15)17/h1-8H,9H2,(H,19,24). The fourth-order valence-corrected chi connectivity index (χ4v) is 3.73. The molecule has 0 bridgehead atoms. The number of carbonyl (C=O) groups excluding carboxylic acids is 1. The zero-order chi connectivity index (χ0) is 15.8. The minimum Gasteiger partial charge on any atom is -0.345 e. The molecule has 0 fully saturated rings. The molecule has 6 nitrogen and oxygen atoms in total. The molecule has 4 heterocycles. The lowest BCUT2D eigenvalue weighted by Gasteiger charge is -2.07. The molecule has 0 saturated heterocycles. The molecule has 0 atom stereocenters. The van der Waals surface area contributed by atoms with Gasteiger partial charge < -0.3 is 5.32 Å². The molecule has 1 amide bonds. The lowest BCUT2D eigenvalue weighted by Crippen LogP contribution is -2.14. The van der Waals surface area contributed by atoms with Gasteiger partial charge in [0.25, 0.3) is 5.91 Å². The predicted octanol–water partition coefficient (Wildman–Crippen LogP) is 2.53. The molecule has 5 aromatic rings. The number of hydrogen-bond donors (Lipinski definition) is 1. The average Bonchev–Trinajstić information content (AvgIpc) is 3.27. The maximum absolute atomic E-state index is 12.5. The molecule has 3 aromatic heterocycles. The predicted molar refractivity (Wildman–Crippen MR) is 90.1 cm³/mol. The summed E-state index contributed by atoms with van der Waals surface area (Å²) in [6.45, 7) is 0.494. The lowest BCUT2D eigenvalue weighted by atomic mass is 10.2. The van der Waals surface area contributed by atoms with Crippen molar-refractivity contribution in [2.24, 2.45) is 0 Å². The summed E-state index contributed by atoms with van der Waals surface area (Å²) in [5.41, 5.74) is 6.75. The molecule has 1 aliphatic rings. The Kier molecular flexibility index (Phi) is 1.97. The van der Waals surface area contributed by atoms with Crippen LogP contribution in [0.4, 0.5) is 0 Å². The van der Waals surface area contributed by atoms with Crippen LogP contribution in [-0.2, 0) is 6.54 Å². The van der Waals surface area contributed by atoms with Crippen molar-refractivity contribution in [1.29, 1.82) is 0 Å². The average molecular weight is 313 g/mol. The van der Waals surface area contributed by atoms with Crippen molar-refractivity contribution in [2.45, 2.75) is 6.54 Å². The smallest absolute Gasteiger partial charge is 0.270 e. The summed E-state index contributed by atoms with van der Waals surface area (Å²) in [6.07, 6.45) is 0. The molecule has 0 saturated carbocycles. The van der Waals surface area contributed by atoms with Crippen LogP contribution in [0.5, 0.6) is 0 Å². The summed E-state index contributed by atoms with van der Waals surface area (Å²) in [5.74, 6) is -0.0714. The molecule has 6 rings (SSSR count). The van der Waals surface area contributed by atoms with Gasteiger partial charge in [-0.05, 0) is 24.3 Å². The monoisotopic (exact) mass is 313 g/mol. The number of benzene rings is 2. The minimum absolute atomic E-state index is 0.0714. The lowest BCUT2D eigenvalue weighted by molar-refractivity contribution is 0.0960. The molecule has 0 unspecified atom stereocenters. The zero-order valence-electron chi connectivity index (χ0n) is 12.5. The quantitative estimate of drug-likeness (QED) is 0.478. The van der Waals surface area contributed by atoms with E-state index in [4.69, 9.17) is 9.97 Å². The summed E-state index contributed by atoms with van der Waals surface area (Å²) in [7, 11) is 0. The van der Waals surface area contributed by atoms with Crippen molar-refractivity contribution in [3.05, 3.63) is 59.9 Å². The second-order valence-corrected chi connectivity index (χ2v) is 6.00. The Hall–Kier alpha value is -3.41. The molecule has 1 aliphatic heterocycles. The fourth-order valence-electron chi connectivity index (χ4n) is 3.73. The van der Waals surface area contributed by atoms with Gasteiger partial charge in [0.2, 0.25) is 0 Å². The number of para-hydroxylation sites is 4. The first kappa shape index (κ1) is 12.1. The molecule has 24 heavy (non-hydrogen) atoms. The van der Waals surface area contributed by atoms with Crippen LogP contribution in [0.15, 0.2) is 48.5 Å². The maximum atomic E-state index is 12.5. The number of nitrogens with one attached hydrogen (secondary N) is 1. The van der Waals surface area contributed by atoms with Gasteiger partial charge in [-0.15, -0.1) is 0 Å². The summed E-state index contributed by atoms with van der Waals surface area (Å²) in [6, 6.07) is 15.8. The van der Waals surface area contributed by atoms with E-state index in [1.807, 2.05) is 52.9 Å². The highest BCUT2D eigenvalue weighted by atomic mass is 16.2. The van der Waals surface area contributed by atoms with Gasteiger partial charge in [0.1, 0.15) is 5.69 Å². The normalized spacial score (nSPS) is 14.1. The van der Waals surface area contributed by atoms with Gasteiger partial charge in [-0.1, -0.05) is 24.3 Å². The van der Waals surface area contributed by atoms with Gasteiger partial charge in [-0.3, -0.25) is 13.6 Å². The van der Waals surface area contributed by atoms with E-state index >= 15 is 0 Å². The third kappa shape index (κ3) is 1.26. The third-order valence-corrected chi connectivity index (χ3v) is 4.72. The van der Waals surface area contributed by atoms with Crippen LogP contribution >= 0.6 is 0 Å². The number of amides is 1. The maximum Gasteiger partial charge on any atom is 0.270 e. The summed E-state index contributed by atoms with van der Waals surface area (Å²) < 4.78 is 4.00. The molecule has 0 radical (unpaired) electrons. The van der Waals surface area contributed by atoms with Gasteiger partial charge in [-0.25, -0.2) is 9.97 Å². The van der Waals surface area contributed by atoms with Gasteiger partial charge in [0.05, 0.1) is 34.3 Å². The number of hydrogen-bond acceptors (Lipinski definition) is 3. The zero-order valence-corrected chi connectivity index (χ0v) is 12.5. The first-order valence-electron chi connectivity index (χ1n) is 7.80. The van der Waals surface area contributed by atoms with Gasteiger partial charge in [0.15, 0.2) is 11.3 Å². The van der Waals surface area contributed by atoms with E-state index in [0.717, 1.165) is 33.4 Å². The number of carbonyl (C=O) groups is 1. The van der Waals surface area contributed by atoms with E-state index in [1.54, 1.807) is 0 Å². The van der Waals surface area contributed by atoms with Crippen LogP contribution in [0.2, 0.25) is 0 Å². The van der Waals surface area contributed by atoms with Gasteiger partial charge in [0, 0.05) is 0 Å². The van der Waals surface area contributed by atoms with Crippen LogP contribution in [-0.4, -0.2) is 24.7 Å². The molecule has 1 N–H and O–H groups in total. The van der Waals surface area contributed by atoms with Crippen molar-refractivity contribution in [3.8, 4) is 0 Å². The van der Waals surface area contributed by atoms with Crippen molar-refractivity contribution in [2.75, 3.05) is 0 Å². The highest BCUT2D eigenvalue weighted by Gasteiger charge is 2.29. The van der Waals surface area contributed by atoms with Crippen LogP contribution in [0.3, 0.4) is 0 Å². The SMILES string of the molecule is O=C1NCc2c1n1c3ccccc3nc1c1nc3ccccc3n21. The van der Waals surface area contributed by atoms with Crippen LogP contribution < -0.4 is 5.32 Å². The second kappa shape index (κ2) is 3.91. The molecule has 0 aliphatic carbocycles. The van der Waals surface area contributed by atoms with E-state index in [1.165, 1.54) is 0 Å². The van der Waals surface area contributed by atoms with Gasteiger partial charge in [-0.2, -0.15) is 0 Å². The van der Waals surface area contributed by atoms with E-state index in [-0.39, 0.29) is 5.91 Å². The van der Waals surface area contributed by atoms with Crippen LogP contribution in [0.1, 0.15) is 16.2 Å². The summed E-state index contributed by atoms with van der Waals surface area (Å²) in [4.78, 5) is 22.1. The Morgan fingerprint density at radius 3 is 2.12 bits per heavy atom. The second-order valence-electron chi connectivity index (χ2n) is 6.00. The number of aromatic nitrogens is 4. The highest BCUT2D eigenvalue weighted by molar-refractivity contribution is 6.02. The first-order chi connectivity index (χ1) is 11.8. The Bertz CT molecular complexity index is 1330. The van der Waals surface area contributed by atoms with Gasteiger partial charge >= 0.3 is 0 Å². The third-order valence-electron chi connectivity index (χ3n) is 4.72. The van der Waals surface area contributed by atoms with E-state index in [9.17, 15) is 4.79 Å². The van der Waals surface area contributed by atoms with Crippen molar-refractivity contribution in [1.82, 2.24) is 24.1 Å². The molecular weight excluding hydrogens is 302 g/mol. The largest absolute Gasteiger partial charge is 0.345 e. The highest BCUT2D eigenvalue weighted by Crippen LogP contribution is 2.30. The van der Waals surface area contributed by atoms with Crippen molar-refractivity contribution < 1.29 is 4.79 Å². The molecular formula is C18H11N5O. The summed E-state index contributed by atoms with van der Waals surface area (Å²) >= 11 is 0. The van der Waals surface area contributed by atoms with E-state index < -0.39 is 0 Å². The van der Waals surface area contributed by atoms with Crippen LogP contribution in [0, 0.1) is 0 Å². The Labute approximate surface area is 135 Å². The van der Waals surface area contributed by atoms with E-state index in [0.29, 0.717) is 17.9 Å². The molecule has 6 heteroatoms. The van der Waals surface area contributed by atoms with Crippen molar-refractivity contribution >= 4 is 39.3 Å². The van der Waals surface area contributed by atoms with Crippen molar-refractivity contribution in [3.63, 3.8) is 0 Å². The molecule has 2 aromatic carbocycles. The van der Waals surface area contributed by atoms with E-state index in [2.05, 4.69) is 9.72 Å². The Balaban J connectivity index is 2.01. The Morgan fingerprint density at radius 2 is 1.42 bits per heavy atom. The number of rotatable bonds is 0. The number of nitrogens with zero attached hydrogens (tertiary/aromatic N) is 4. The number of fused-ring (bicyclic) bond motifs is 10. The van der Waals surface area contributed by atoms with Crippen LogP contribution in [0.25, 0.3) is 33.4 Å². The first-order valence-corrected chi connectivity index (χ1v) is 7.80. The molecule has 114 valence electrons. The summed E-state index contributed by atoms with van der Waals surface area (Å²) in [5, 5.41) is 2.94. The fraction of sp³-hybridized carbons (Fsp3) is 0.0556. The minimum atomic E-state index is -0.0714. The topological polar surface area (TPSA) is 63.7 Å². The number of imidazole rings is 2. The molecule has 0 spiro atoms. The Morgan fingerprint density at radius 1 is 0.833 bits per heavy atom.